The van der Waals surface area contributed by atoms with Crippen molar-refractivity contribution in [2.75, 3.05) is 6.61 Å². The molecule has 2 atom stereocenters. The van der Waals surface area contributed by atoms with Crippen molar-refractivity contribution in [3.63, 3.8) is 0 Å². The molecule has 0 radical (unpaired) electrons. The van der Waals surface area contributed by atoms with Crippen molar-refractivity contribution in [2.45, 2.75) is 12.8 Å². The number of hydrogen-bond acceptors (Lipinski definition) is 3. The molecule has 0 aromatic heterocycles. The Balaban J connectivity index is 1.47. The molecule has 4 nitrogen and oxygen atoms in total. The first-order valence-corrected chi connectivity index (χ1v) is 7.49. The Morgan fingerprint density at radius 3 is 3.05 bits per heavy atom. The van der Waals surface area contributed by atoms with E-state index in [-0.39, 0.29) is 12.5 Å². The first-order chi connectivity index (χ1) is 10.1. The highest BCUT2D eigenvalue weighted by Gasteiger charge is 2.37. The molecule has 1 aromatic rings. The van der Waals surface area contributed by atoms with Crippen molar-refractivity contribution in [3.05, 3.63) is 40.4 Å². The smallest absolute Gasteiger partial charge is 0.277 e. The van der Waals surface area contributed by atoms with Crippen LogP contribution in [0.4, 0.5) is 0 Å². The molecule has 21 heavy (non-hydrogen) atoms. The van der Waals surface area contributed by atoms with Gasteiger partial charge in [0.25, 0.3) is 5.91 Å². The van der Waals surface area contributed by atoms with Crippen LogP contribution in [-0.4, -0.2) is 18.2 Å². The number of allylic oxidation sites excluding steroid dienone is 2. The standard InChI is InChI=1S/C15H14Cl2N2O2/c16-10-4-5-14(12(17)7-10)21-8-15(20)19-18-13-6-9-2-1-3-11(9)13/h1-2,4-5,7,9,11H,3,6,8H2,(H,19,20)/b18-13-/t9-,11+/m1/s1. The zero-order valence-corrected chi connectivity index (χ0v) is 12.7. The molecule has 1 N–H and O–H groups in total. The normalized spacial score (nSPS) is 24.6. The lowest BCUT2D eigenvalue weighted by molar-refractivity contribution is -0.123. The van der Waals surface area contributed by atoms with Crippen LogP contribution in [0.15, 0.2) is 35.5 Å². The van der Waals surface area contributed by atoms with Gasteiger partial charge in [-0.25, -0.2) is 5.43 Å². The van der Waals surface area contributed by atoms with E-state index in [1.54, 1.807) is 18.2 Å². The molecule has 0 unspecified atom stereocenters. The molecule has 0 spiro atoms. The lowest BCUT2D eigenvalue weighted by atomic mass is 9.74. The summed E-state index contributed by atoms with van der Waals surface area (Å²) in [7, 11) is 0. The van der Waals surface area contributed by atoms with Crippen molar-refractivity contribution in [1.29, 1.82) is 0 Å². The Morgan fingerprint density at radius 1 is 1.43 bits per heavy atom. The number of hydrogen-bond donors (Lipinski definition) is 1. The van der Waals surface area contributed by atoms with Crippen molar-refractivity contribution >= 4 is 34.8 Å². The van der Waals surface area contributed by atoms with Crippen LogP contribution in [0, 0.1) is 11.8 Å². The van der Waals surface area contributed by atoms with Gasteiger partial charge in [-0.3, -0.25) is 4.79 Å². The highest BCUT2D eigenvalue weighted by atomic mass is 35.5. The molecule has 2 aliphatic carbocycles. The molecule has 110 valence electrons. The van der Waals surface area contributed by atoms with Gasteiger partial charge in [-0.1, -0.05) is 35.4 Å². The van der Waals surface area contributed by atoms with Gasteiger partial charge in [-0.15, -0.1) is 0 Å². The van der Waals surface area contributed by atoms with Gasteiger partial charge >= 0.3 is 0 Å². The zero-order chi connectivity index (χ0) is 14.8. The minimum atomic E-state index is -0.303. The lowest BCUT2D eigenvalue weighted by Crippen LogP contribution is -2.36. The molecule has 0 bridgehead atoms. The maximum Gasteiger partial charge on any atom is 0.277 e. The Hall–Kier alpha value is -1.52. The number of nitrogens with one attached hydrogen (secondary N) is 1. The number of hydrazone groups is 1. The number of amides is 1. The van der Waals surface area contributed by atoms with E-state index in [0.29, 0.717) is 27.6 Å². The van der Waals surface area contributed by atoms with E-state index in [4.69, 9.17) is 27.9 Å². The van der Waals surface area contributed by atoms with Gasteiger partial charge < -0.3 is 4.74 Å². The maximum absolute atomic E-state index is 11.7. The van der Waals surface area contributed by atoms with E-state index in [2.05, 4.69) is 22.7 Å². The molecule has 0 saturated heterocycles. The van der Waals surface area contributed by atoms with Crippen LogP contribution in [0.1, 0.15) is 12.8 Å². The second-order valence-corrected chi connectivity index (χ2v) is 5.98. The van der Waals surface area contributed by atoms with Crippen LogP contribution in [0.2, 0.25) is 10.0 Å². The summed E-state index contributed by atoms with van der Waals surface area (Å²) in [6.07, 6.45) is 6.35. The second kappa shape index (κ2) is 6.08. The molecule has 1 fully saturated rings. The molecule has 6 heteroatoms. The Kier molecular flexibility index (Phi) is 4.17. The predicted molar refractivity (Wildman–Crippen MR) is 82.9 cm³/mol. The third-order valence-corrected chi connectivity index (χ3v) is 4.27. The van der Waals surface area contributed by atoms with Crippen LogP contribution in [0.5, 0.6) is 5.75 Å². The SMILES string of the molecule is O=C(COc1ccc(Cl)cc1Cl)N/N=C1/C[C@H]2C=CC[C@H]12. The number of ether oxygens (including phenoxy) is 1. The molecule has 0 heterocycles. The topological polar surface area (TPSA) is 50.7 Å². The number of carbonyl (C=O) groups excluding carboxylic acids is 1. The predicted octanol–water partition coefficient (Wildman–Crippen LogP) is 3.44. The molecule has 1 amide bonds. The summed E-state index contributed by atoms with van der Waals surface area (Å²) in [6.45, 7) is -0.134. The monoisotopic (exact) mass is 324 g/mol. The summed E-state index contributed by atoms with van der Waals surface area (Å²) in [4.78, 5) is 11.7. The van der Waals surface area contributed by atoms with Gasteiger partial charge in [-0.2, -0.15) is 5.10 Å². The zero-order valence-electron chi connectivity index (χ0n) is 11.2. The summed E-state index contributed by atoms with van der Waals surface area (Å²) >= 11 is 11.7. The van der Waals surface area contributed by atoms with Gasteiger partial charge in [0.15, 0.2) is 6.61 Å². The maximum atomic E-state index is 11.7. The van der Waals surface area contributed by atoms with E-state index in [1.165, 1.54) is 0 Å². The number of rotatable bonds is 4. The van der Waals surface area contributed by atoms with Gasteiger partial charge in [0.1, 0.15) is 5.75 Å². The van der Waals surface area contributed by atoms with Crippen molar-refractivity contribution in [2.24, 2.45) is 16.9 Å². The molecule has 3 rings (SSSR count). The number of fused-ring (bicyclic) bond motifs is 1. The van der Waals surface area contributed by atoms with Crippen LogP contribution < -0.4 is 10.2 Å². The number of carbonyl (C=O) groups is 1. The largest absolute Gasteiger partial charge is 0.482 e. The van der Waals surface area contributed by atoms with Crippen LogP contribution >= 0.6 is 23.2 Å². The number of nitrogens with zero attached hydrogens (tertiary/aromatic N) is 1. The average Bonchev–Trinajstić information content (AvgIpc) is 2.79. The Morgan fingerprint density at radius 2 is 2.29 bits per heavy atom. The van der Waals surface area contributed by atoms with Crippen LogP contribution in [0.3, 0.4) is 0 Å². The van der Waals surface area contributed by atoms with E-state index in [1.807, 2.05) is 0 Å². The third-order valence-electron chi connectivity index (χ3n) is 3.74. The molecule has 1 aromatic carbocycles. The minimum absolute atomic E-state index is 0.134. The highest BCUT2D eigenvalue weighted by molar-refractivity contribution is 6.35. The third kappa shape index (κ3) is 3.22. The summed E-state index contributed by atoms with van der Waals surface area (Å²) in [5, 5.41) is 5.06. The summed E-state index contributed by atoms with van der Waals surface area (Å²) in [5.41, 5.74) is 3.58. The first kappa shape index (κ1) is 14.4. The fraction of sp³-hybridized carbons (Fsp3) is 0.333. The van der Waals surface area contributed by atoms with Crippen molar-refractivity contribution < 1.29 is 9.53 Å². The second-order valence-electron chi connectivity index (χ2n) is 5.14. The summed E-state index contributed by atoms with van der Waals surface area (Å²) < 4.78 is 5.34. The quantitative estimate of drug-likeness (QED) is 0.681. The first-order valence-electron chi connectivity index (χ1n) is 6.73. The van der Waals surface area contributed by atoms with Gasteiger partial charge in [0, 0.05) is 16.7 Å². The highest BCUT2D eigenvalue weighted by Crippen LogP contribution is 2.40. The molecule has 0 aliphatic heterocycles. The van der Waals surface area contributed by atoms with Crippen molar-refractivity contribution in [3.8, 4) is 5.75 Å². The van der Waals surface area contributed by atoms with E-state index in [9.17, 15) is 4.79 Å². The van der Waals surface area contributed by atoms with Crippen molar-refractivity contribution in [1.82, 2.24) is 5.43 Å². The fourth-order valence-corrected chi connectivity index (χ4v) is 3.03. The fourth-order valence-electron chi connectivity index (χ4n) is 2.57. The summed E-state index contributed by atoms with van der Waals surface area (Å²) in [5.74, 6) is 1.22. The summed E-state index contributed by atoms with van der Waals surface area (Å²) in [6, 6.07) is 4.85. The lowest BCUT2D eigenvalue weighted by Gasteiger charge is -2.31. The molecule has 1 saturated carbocycles. The van der Waals surface area contributed by atoms with E-state index >= 15 is 0 Å². The van der Waals surface area contributed by atoms with Gasteiger partial charge in [0.2, 0.25) is 0 Å². The molecule has 2 aliphatic rings. The van der Waals surface area contributed by atoms with E-state index in [0.717, 1.165) is 18.6 Å². The molecular formula is C15H14Cl2N2O2. The van der Waals surface area contributed by atoms with Gasteiger partial charge in [0.05, 0.1) is 5.02 Å². The van der Waals surface area contributed by atoms with Gasteiger partial charge in [-0.05, 0) is 37.0 Å². The number of benzene rings is 1. The van der Waals surface area contributed by atoms with Crippen LogP contribution in [-0.2, 0) is 4.79 Å². The molecular weight excluding hydrogens is 311 g/mol. The Labute approximate surface area is 132 Å². The Bertz CT molecular complexity index is 628. The van der Waals surface area contributed by atoms with E-state index < -0.39 is 0 Å². The average molecular weight is 325 g/mol. The minimum Gasteiger partial charge on any atom is -0.482 e. The number of halogens is 2. The van der Waals surface area contributed by atoms with Crippen LogP contribution in [0.25, 0.3) is 0 Å².